The molecule has 266 valence electrons. The van der Waals surface area contributed by atoms with Gasteiger partial charge in [-0.2, -0.15) is 5.10 Å². The first-order chi connectivity index (χ1) is 25.2. The lowest BCUT2D eigenvalue weighted by atomic mass is 9.91. The topological polar surface area (TPSA) is 44.9 Å². The number of para-hydroxylation sites is 1. The van der Waals surface area contributed by atoms with E-state index in [1.807, 2.05) is 6.20 Å². The predicted molar refractivity (Wildman–Crippen MR) is 218 cm³/mol. The van der Waals surface area contributed by atoms with Gasteiger partial charge in [0.15, 0.2) is 0 Å². The van der Waals surface area contributed by atoms with Crippen molar-refractivity contribution < 1.29 is 4.74 Å². The zero-order chi connectivity index (χ0) is 36.5. The summed E-state index contributed by atoms with van der Waals surface area (Å²) in [4.78, 5) is 4.87. The van der Waals surface area contributed by atoms with Crippen LogP contribution in [0.25, 0.3) is 44.4 Å². The summed E-state index contributed by atoms with van der Waals surface area (Å²) in [6.45, 7) is 17.8. The van der Waals surface area contributed by atoms with E-state index in [1.54, 1.807) is 0 Å². The van der Waals surface area contributed by atoms with Gasteiger partial charge in [-0.1, -0.05) is 76.4 Å². The Morgan fingerprint density at radius 2 is 1.42 bits per heavy atom. The van der Waals surface area contributed by atoms with Crippen molar-refractivity contribution in [1.82, 2.24) is 19.3 Å². The fourth-order valence-electron chi connectivity index (χ4n) is 7.90. The third-order valence-corrected chi connectivity index (χ3v) is 10.4. The molecule has 0 N–H and O–H groups in total. The van der Waals surface area contributed by atoms with Crippen molar-refractivity contribution in [3.8, 4) is 34.1 Å². The molecular weight excluding hydrogens is 637 g/mol. The van der Waals surface area contributed by atoms with Gasteiger partial charge in [-0.05, 0) is 130 Å². The van der Waals surface area contributed by atoms with Gasteiger partial charge in [0.2, 0.25) is 0 Å². The van der Waals surface area contributed by atoms with E-state index in [1.165, 1.54) is 61.8 Å². The summed E-state index contributed by atoms with van der Waals surface area (Å²) < 4.78 is 11.3. The fourth-order valence-corrected chi connectivity index (χ4v) is 7.90. The van der Waals surface area contributed by atoms with E-state index in [2.05, 4.69) is 150 Å². The van der Waals surface area contributed by atoms with Gasteiger partial charge in [-0.25, -0.2) is 9.67 Å². The van der Waals surface area contributed by atoms with Crippen LogP contribution in [0.3, 0.4) is 0 Å². The number of aryl methyl sites for hydroxylation is 5. The van der Waals surface area contributed by atoms with Gasteiger partial charge in [0.05, 0.1) is 28.1 Å². The highest BCUT2D eigenvalue weighted by molar-refractivity contribution is 6.09. The van der Waals surface area contributed by atoms with Gasteiger partial charge in [0.25, 0.3) is 0 Å². The zero-order valence-electron chi connectivity index (χ0n) is 32.2. The van der Waals surface area contributed by atoms with Crippen molar-refractivity contribution in [3.05, 3.63) is 130 Å². The van der Waals surface area contributed by atoms with E-state index in [0.717, 1.165) is 71.8 Å². The van der Waals surface area contributed by atoms with Gasteiger partial charge < -0.3 is 4.74 Å². The normalized spacial score (nSPS) is 11.7. The second-order valence-electron chi connectivity index (χ2n) is 14.9. The summed E-state index contributed by atoms with van der Waals surface area (Å²) in [5.41, 5.74) is 14.6. The van der Waals surface area contributed by atoms with Crippen molar-refractivity contribution in [2.45, 2.75) is 99.8 Å². The van der Waals surface area contributed by atoms with Crippen LogP contribution < -0.4 is 4.74 Å². The first-order valence-electron chi connectivity index (χ1n) is 19.1. The van der Waals surface area contributed by atoms with E-state index >= 15 is 0 Å². The molecule has 7 rings (SSSR count). The van der Waals surface area contributed by atoms with Crippen LogP contribution in [0, 0.1) is 27.7 Å². The minimum atomic E-state index is 0.315. The molecule has 3 heterocycles. The molecule has 4 aromatic carbocycles. The minimum absolute atomic E-state index is 0.315. The number of pyridine rings is 1. The van der Waals surface area contributed by atoms with Crippen LogP contribution in [0.5, 0.6) is 11.5 Å². The van der Waals surface area contributed by atoms with E-state index < -0.39 is 0 Å². The lowest BCUT2D eigenvalue weighted by Gasteiger charge is -2.17. The number of aromatic nitrogens is 4. The van der Waals surface area contributed by atoms with Crippen LogP contribution in [-0.2, 0) is 12.8 Å². The summed E-state index contributed by atoms with van der Waals surface area (Å²) in [6.07, 6.45) is 8.49. The van der Waals surface area contributed by atoms with Gasteiger partial charge in [-0.3, -0.25) is 4.57 Å². The highest BCUT2D eigenvalue weighted by Crippen LogP contribution is 2.39. The molecule has 0 fully saturated rings. The van der Waals surface area contributed by atoms with Crippen molar-refractivity contribution in [2.75, 3.05) is 0 Å². The fraction of sp³-hybridized carbons (Fsp3) is 0.319. The molecule has 0 saturated heterocycles. The van der Waals surface area contributed by atoms with Crippen LogP contribution in [0.4, 0.5) is 0 Å². The van der Waals surface area contributed by atoms with Gasteiger partial charge in [0, 0.05) is 34.7 Å². The molecule has 0 saturated carbocycles. The third kappa shape index (κ3) is 6.77. The van der Waals surface area contributed by atoms with Gasteiger partial charge >= 0.3 is 0 Å². The Balaban J connectivity index is 1.34. The number of nitrogens with zero attached hydrogens (tertiary/aromatic N) is 4. The minimum Gasteiger partial charge on any atom is -0.457 e. The molecule has 5 nitrogen and oxygen atoms in total. The number of hydrogen-bond acceptors (Lipinski definition) is 3. The zero-order valence-corrected chi connectivity index (χ0v) is 32.2. The highest BCUT2D eigenvalue weighted by atomic mass is 16.5. The highest BCUT2D eigenvalue weighted by Gasteiger charge is 2.22. The summed E-state index contributed by atoms with van der Waals surface area (Å²) in [7, 11) is 0. The molecule has 0 atom stereocenters. The molecule has 3 aromatic heterocycles. The maximum absolute atomic E-state index is 6.82. The predicted octanol–water partition coefficient (Wildman–Crippen LogP) is 12.9. The Kier molecular flexibility index (Phi) is 10.1. The summed E-state index contributed by atoms with van der Waals surface area (Å²) >= 11 is 0. The number of ether oxygens (including phenoxy) is 1. The maximum atomic E-state index is 6.82. The first kappa shape index (κ1) is 35.3. The van der Waals surface area contributed by atoms with Crippen LogP contribution in [0.1, 0.15) is 98.5 Å². The molecule has 5 heteroatoms. The van der Waals surface area contributed by atoms with E-state index in [-0.39, 0.29) is 0 Å². The van der Waals surface area contributed by atoms with Gasteiger partial charge in [0.1, 0.15) is 17.3 Å². The molecule has 0 unspecified atom stereocenters. The van der Waals surface area contributed by atoms with Crippen molar-refractivity contribution >= 4 is 21.8 Å². The Bertz CT molecular complexity index is 2370. The molecule has 0 aliphatic rings. The molecule has 0 spiro atoms. The largest absolute Gasteiger partial charge is 0.457 e. The van der Waals surface area contributed by atoms with Crippen LogP contribution in [0.15, 0.2) is 91.1 Å². The Morgan fingerprint density at radius 3 is 2.17 bits per heavy atom. The second kappa shape index (κ2) is 14.8. The maximum Gasteiger partial charge on any atom is 0.137 e. The summed E-state index contributed by atoms with van der Waals surface area (Å²) in [6, 6.07) is 30.7. The first-order valence-corrected chi connectivity index (χ1v) is 19.1. The molecule has 0 aliphatic heterocycles. The van der Waals surface area contributed by atoms with E-state index in [0.29, 0.717) is 5.92 Å². The molecule has 52 heavy (non-hydrogen) atoms. The van der Waals surface area contributed by atoms with Gasteiger partial charge in [-0.15, -0.1) is 0 Å². The number of hydrogen-bond donors (Lipinski definition) is 0. The Morgan fingerprint density at radius 1 is 0.692 bits per heavy atom. The van der Waals surface area contributed by atoms with Crippen LogP contribution in [0.2, 0.25) is 0 Å². The molecule has 0 radical (unpaired) electrons. The van der Waals surface area contributed by atoms with Crippen molar-refractivity contribution in [3.63, 3.8) is 0 Å². The molecule has 0 bridgehead atoms. The third-order valence-electron chi connectivity index (χ3n) is 10.4. The number of rotatable bonds is 12. The SMILES string of the molecule is CCCCc1ccnc(-n2c3ccccc3c3ccc(Oc4cc(C(C)C)cc(-n5nc(C)c(-c6c(C)cc(C)cc6C)c5CCCC)c4)cc32)c1. The molecule has 0 amide bonds. The Hall–Kier alpha value is -5.16. The molecule has 0 aliphatic carbocycles. The average molecular weight is 689 g/mol. The summed E-state index contributed by atoms with van der Waals surface area (Å²) in [5, 5.41) is 7.64. The number of unbranched alkanes of at least 4 members (excludes halogenated alkanes) is 2. The number of fused-ring (bicyclic) bond motifs is 3. The van der Waals surface area contributed by atoms with Crippen molar-refractivity contribution in [2.24, 2.45) is 0 Å². The molecule has 7 aromatic rings. The van der Waals surface area contributed by atoms with Crippen LogP contribution >= 0.6 is 0 Å². The lowest BCUT2D eigenvalue weighted by Crippen LogP contribution is -2.05. The quantitative estimate of drug-likeness (QED) is 0.128. The second-order valence-corrected chi connectivity index (χ2v) is 14.9. The molecular formula is C47H52N4O. The van der Waals surface area contributed by atoms with E-state index in [4.69, 9.17) is 14.8 Å². The smallest absolute Gasteiger partial charge is 0.137 e. The lowest BCUT2D eigenvalue weighted by molar-refractivity contribution is 0.481. The number of benzene rings is 4. The van der Waals surface area contributed by atoms with E-state index in [9.17, 15) is 0 Å². The monoisotopic (exact) mass is 688 g/mol. The summed E-state index contributed by atoms with van der Waals surface area (Å²) in [5.74, 6) is 2.85. The van der Waals surface area contributed by atoms with Crippen molar-refractivity contribution in [1.29, 1.82) is 0 Å². The Labute approximate surface area is 309 Å². The standard InChI is InChI=1S/C47H52N4O/c1-9-11-15-35-21-22-48-45(25-35)50-42-18-14-13-16-40(42)41-20-19-38(29-44(41)50)52-39-27-36(30(3)4)26-37(28-39)51-43(17-12-10-2)47(34(8)49-51)46-32(6)23-31(5)24-33(46)7/h13-14,16,18-30H,9-12,15,17H2,1-8H3. The van der Waals surface area contributed by atoms with Crippen LogP contribution in [-0.4, -0.2) is 19.3 Å². The average Bonchev–Trinajstić information content (AvgIpc) is 3.63.